The summed E-state index contributed by atoms with van der Waals surface area (Å²) >= 11 is 1.87. The molecule has 0 aromatic heterocycles. The maximum absolute atomic E-state index is 9.06. The van der Waals surface area contributed by atoms with Gasteiger partial charge in [0.05, 0.1) is 11.6 Å². The summed E-state index contributed by atoms with van der Waals surface area (Å²) in [6.07, 6.45) is 4.43. The van der Waals surface area contributed by atoms with E-state index in [1.54, 1.807) is 0 Å². The van der Waals surface area contributed by atoms with E-state index in [2.05, 4.69) is 72.8 Å². The van der Waals surface area contributed by atoms with Crippen LogP contribution in [-0.2, 0) is 5.75 Å². The molecule has 3 aromatic carbocycles. The molecule has 0 heterocycles. The van der Waals surface area contributed by atoms with Crippen LogP contribution in [0.25, 0.3) is 6.08 Å². The van der Waals surface area contributed by atoms with Crippen molar-refractivity contribution < 1.29 is 0 Å². The molecule has 0 aliphatic rings. The van der Waals surface area contributed by atoms with Crippen LogP contribution in [0.5, 0.6) is 0 Å². The minimum absolute atomic E-state index is 0.271. The summed E-state index contributed by atoms with van der Waals surface area (Å²) in [5.74, 6) is 0.869. The van der Waals surface area contributed by atoms with Crippen LogP contribution >= 0.6 is 11.8 Å². The van der Waals surface area contributed by atoms with E-state index >= 15 is 0 Å². The van der Waals surface area contributed by atoms with E-state index in [0.29, 0.717) is 5.56 Å². The lowest BCUT2D eigenvalue weighted by Crippen LogP contribution is -1.92. The highest BCUT2D eigenvalue weighted by molar-refractivity contribution is 7.98. The molecule has 1 atom stereocenters. The first kappa shape index (κ1) is 17.1. The molecule has 122 valence electrons. The van der Waals surface area contributed by atoms with Crippen molar-refractivity contribution in [2.75, 3.05) is 0 Å². The molecule has 1 nitrogen and oxygen atoms in total. The predicted molar refractivity (Wildman–Crippen MR) is 107 cm³/mol. The molecule has 2 heteroatoms. The summed E-state index contributed by atoms with van der Waals surface area (Å²) in [5, 5.41) is 9.33. The molecule has 0 radical (unpaired) electrons. The molecule has 1 unspecified atom stereocenters. The third-order valence-corrected chi connectivity index (χ3v) is 5.17. The Morgan fingerprint density at radius 3 is 2.32 bits per heavy atom. The first-order valence-corrected chi connectivity index (χ1v) is 9.29. The van der Waals surface area contributed by atoms with Gasteiger partial charge in [0.15, 0.2) is 0 Å². The lowest BCUT2D eigenvalue weighted by molar-refractivity contribution is 1.22. The van der Waals surface area contributed by atoms with E-state index in [4.69, 9.17) is 5.26 Å². The zero-order valence-electron chi connectivity index (χ0n) is 13.9. The van der Waals surface area contributed by atoms with E-state index < -0.39 is 0 Å². The van der Waals surface area contributed by atoms with Crippen LogP contribution in [0.3, 0.4) is 0 Å². The Labute approximate surface area is 153 Å². The van der Waals surface area contributed by atoms with Gasteiger partial charge >= 0.3 is 0 Å². The molecule has 0 bridgehead atoms. The minimum atomic E-state index is 0.271. The van der Waals surface area contributed by atoms with Crippen LogP contribution in [0.1, 0.15) is 27.5 Å². The lowest BCUT2D eigenvalue weighted by Gasteiger charge is -2.13. The molecule has 0 aliphatic heterocycles. The molecular weight excluding hydrogens is 322 g/mol. The molecule has 25 heavy (non-hydrogen) atoms. The van der Waals surface area contributed by atoms with Crippen LogP contribution in [0.2, 0.25) is 0 Å². The number of hydrogen-bond acceptors (Lipinski definition) is 2. The van der Waals surface area contributed by atoms with Gasteiger partial charge in [-0.1, -0.05) is 84.9 Å². The third kappa shape index (κ3) is 5.11. The number of thioether (sulfide) groups is 1. The number of rotatable bonds is 6. The van der Waals surface area contributed by atoms with Crippen molar-refractivity contribution in [3.63, 3.8) is 0 Å². The first-order chi connectivity index (χ1) is 12.3. The van der Waals surface area contributed by atoms with Crippen molar-refractivity contribution in [1.29, 1.82) is 5.26 Å². The van der Waals surface area contributed by atoms with Crippen molar-refractivity contribution in [2.24, 2.45) is 0 Å². The van der Waals surface area contributed by atoms with Gasteiger partial charge in [-0.3, -0.25) is 0 Å². The fourth-order valence-electron chi connectivity index (χ4n) is 2.58. The van der Waals surface area contributed by atoms with Gasteiger partial charge in [0.1, 0.15) is 0 Å². The number of benzene rings is 3. The van der Waals surface area contributed by atoms with Crippen LogP contribution in [0.15, 0.2) is 91.0 Å². The molecule has 3 aromatic rings. The quantitative estimate of drug-likeness (QED) is 0.529. The second kappa shape index (κ2) is 8.92. The zero-order chi connectivity index (χ0) is 17.3. The Balaban J connectivity index is 1.77. The van der Waals surface area contributed by atoms with Crippen LogP contribution in [0.4, 0.5) is 0 Å². The molecule has 0 saturated carbocycles. The fraction of sp³-hybridized carbons (Fsp3) is 0.0870. The Morgan fingerprint density at radius 1 is 0.880 bits per heavy atom. The largest absolute Gasteiger partial charge is 0.192 e. The molecule has 0 saturated heterocycles. The molecule has 0 aliphatic carbocycles. The van der Waals surface area contributed by atoms with Crippen molar-refractivity contribution >= 4 is 17.8 Å². The average molecular weight is 341 g/mol. The second-order valence-electron chi connectivity index (χ2n) is 5.72. The fourth-order valence-corrected chi connectivity index (χ4v) is 3.68. The topological polar surface area (TPSA) is 23.8 Å². The number of nitriles is 1. The smallest absolute Gasteiger partial charge is 0.0991 e. The number of nitrogens with zero attached hydrogens (tertiary/aromatic N) is 1. The Kier molecular flexibility index (Phi) is 6.09. The highest BCUT2D eigenvalue weighted by Crippen LogP contribution is 2.33. The summed E-state index contributed by atoms with van der Waals surface area (Å²) in [6.45, 7) is 0. The van der Waals surface area contributed by atoms with Crippen LogP contribution in [0, 0.1) is 11.3 Å². The van der Waals surface area contributed by atoms with E-state index in [1.165, 1.54) is 16.7 Å². The minimum Gasteiger partial charge on any atom is -0.192 e. The monoisotopic (exact) mass is 341 g/mol. The summed E-state index contributed by atoms with van der Waals surface area (Å²) in [7, 11) is 0. The van der Waals surface area contributed by atoms with Gasteiger partial charge < -0.3 is 0 Å². The molecule has 0 fully saturated rings. The van der Waals surface area contributed by atoms with Gasteiger partial charge in [-0.2, -0.15) is 5.26 Å². The molecule has 0 N–H and O–H groups in total. The van der Waals surface area contributed by atoms with Gasteiger partial charge in [-0.25, -0.2) is 0 Å². The van der Waals surface area contributed by atoms with Gasteiger partial charge in [0, 0.05) is 11.0 Å². The lowest BCUT2D eigenvalue weighted by atomic mass is 10.1. The SMILES string of the molecule is N#Cc1cccc(CSC(C=Cc2ccccc2)c2ccccc2)c1. The first-order valence-electron chi connectivity index (χ1n) is 8.24. The van der Waals surface area contributed by atoms with Crippen molar-refractivity contribution in [2.45, 2.75) is 11.0 Å². The average Bonchev–Trinajstić information content (AvgIpc) is 2.69. The normalized spacial score (nSPS) is 12.0. The van der Waals surface area contributed by atoms with Crippen molar-refractivity contribution in [1.82, 2.24) is 0 Å². The molecule has 0 spiro atoms. The highest BCUT2D eigenvalue weighted by Gasteiger charge is 2.09. The maximum Gasteiger partial charge on any atom is 0.0991 e. The number of hydrogen-bond donors (Lipinski definition) is 0. The zero-order valence-corrected chi connectivity index (χ0v) is 14.7. The van der Waals surface area contributed by atoms with E-state index in [0.717, 1.165) is 5.75 Å². The standard InChI is InChI=1S/C23H19NS/c24-17-20-10-7-11-21(16-20)18-25-23(22-12-5-2-6-13-22)15-14-19-8-3-1-4-9-19/h1-16,23H,18H2. The Hall–Kier alpha value is -2.76. The van der Waals surface area contributed by atoms with Crippen molar-refractivity contribution in [3.8, 4) is 6.07 Å². The van der Waals surface area contributed by atoms with Gasteiger partial charge in [-0.05, 0) is 28.8 Å². The van der Waals surface area contributed by atoms with E-state index in [9.17, 15) is 0 Å². The maximum atomic E-state index is 9.06. The van der Waals surface area contributed by atoms with E-state index in [-0.39, 0.29) is 5.25 Å². The van der Waals surface area contributed by atoms with Gasteiger partial charge in [0.25, 0.3) is 0 Å². The highest BCUT2D eigenvalue weighted by atomic mass is 32.2. The van der Waals surface area contributed by atoms with Crippen LogP contribution < -0.4 is 0 Å². The molecule has 3 rings (SSSR count). The summed E-state index contributed by atoms with van der Waals surface area (Å²) in [4.78, 5) is 0. The Morgan fingerprint density at radius 2 is 1.60 bits per heavy atom. The van der Waals surface area contributed by atoms with Gasteiger partial charge in [0.2, 0.25) is 0 Å². The predicted octanol–water partition coefficient (Wildman–Crippen LogP) is 6.25. The second-order valence-corrected chi connectivity index (χ2v) is 6.85. The van der Waals surface area contributed by atoms with Crippen LogP contribution in [-0.4, -0.2) is 0 Å². The van der Waals surface area contributed by atoms with Gasteiger partial charge in [-0.15, -0.1) is 11.8 Å². The molecule has 0 amide bonds. The van der Waals surface area contributed by atoms with Crippen molar-refractivity contribution in [3.05, 3.63) is 113 Å². The van der Waals surface area contributed by atoms with E-state index in [1.807, 2.05) is 42.1 Å². The Bertz CT molecular complexity index is 863. The molecular formula is C23H19NS. The summed E-state index contributed by atoms with van der Waals surface area (Å²) in [6, 6.07) is 30.9. The summed E-state index contributed by atoms with van der Waals surface area (Å²) in [5.41, 5.74) is 4.39. The third-order valence-electron chi connectivity index (χ3n) is 3.88. The summed E-state index contributed by atoms with van der Waals surface area (Å²) < 4.78 is 0.